The predicted molar refractivity (Wildman–Crippen MR) is 74.3 cm³/mol. The van der Waals surface area contributed by atoms with E-state index >= 15 is 0 Å². The van der Waals surface area contributed by atoms with Crippen molar-refractivity contribution in [2.24, 2.45) is 0 Å². The fraction of sp³-hybridized carbons (Fsp3) is 0.286. The van der Waals surface area contributed by atoms with Crippen molar-refractivity contribution in [2.75, 3.05) is 13.2 Å². The van der Waals surface area contributed by atoms with Gasteiger partial charge >= 0.3 is 0 Å². The molecule has 100 valence electrons. The lowest BCUT2D eigenvalue weighted by Gasteiger charge is -2.05. The quantitative estimate of drug-likeness (QED) is 0.562. The van der Waals surface area contributed by atoms with Crippen LogP contribution < -0.4 is 5.32 Å². The fourth-order valence-corrected chi connectivity index (χ4v) is 1.79. The van der Waals surface area contributed by atoms with Crippen LogP contribution in [0.5, 0.6) is 0 Å². The van der Waals surface area contributed by atoms with Crippen molar-refractivity contribution in [2.45, 2.75) is 13.0 Å². The van der Waals surface area contributed by atoms with E-state index in [0.29, 0.717) is 6.61 Å². The summed E-state index contributed by atoms with van der Waals surface area (Å²) in [5.74, 6) is 0. The van der Waals surface area contributed by atoms with Crippen LogP contribution in [-0.2, 0) is 11.3 Å². The fourth-order valence-electron chi connectivity index (χ4n) is 1.79. The Labute approximate surface area is 112 Å². The first-order valence-electron chi connectivity index (χ1n) is 6.27. The van der Waals surface area contributed by atoms with Gasteiger partial charge in [-0.15, -0.1) is 0 Å². The maximum atomic E-state index is 5.06. The van der Waals surface area contributed by atoms with Crippen molar-refractivity contribution in [3.05, 3.63) is 49.1 Å². The molecule has 2 aromatic heterocycles. The van der Waals surface area contributed by atoms with Gasteiger partial charge < -0.3 is 10.1 Å². The first kappa shape index (κ1) is 13.3. The van der Waals surface area contributed by atoms with E-state index in [9.17, 15) is 0 Å². The molecule has 2 heterocycles. The molecule has 5 nitrogen and oxygen atoms in total. The van der Waals surface area contributed by atoms with E-state index in [4.69, 9.17) is 4.74 Å². The predicted octanol–water partition coefficient (Wildman–Crippen LogP) is 2.11. The second-order valence-corrected chi connectivity index (χ2v) is 4.08. The number of H-pyrrole nitrogens is 1. The lowest BCUT2D eigenvalue weighted by atomic mass is 10.1. The van der Waals surface area contributed by atoms with Gasteiger partial charge in [-0.1, -0.05) is 6.58 Å². The van der Waals surface area contributed by atoms with Crippen LogP contribution in [-0.4, -0.2) is 28.3 Å². The Balaban J connectivity index is 1.85. The molecule has 0 aliphatic rings. The Morgan fingerprint density at radius 1 is 1.42 bits per heavy atom. The lowest BCUT2D eigenvalue weighted by Crippen LogP contribution is -2.16. The standard InChI is InChI=1S/C14H18N4O/c1-2-19-8-4-7-16-10-13-11-17-18-14(13)12-5-3-6-15-9-12/h2-3,5-6,9,11,16H,1,4,7-8,10H2,(H,17,18). The zero-order valence-electron chi connectivity index (χ0n) is 10.8. The van der Waals surface area contributed by atoms with Gasteiger partial charge in [0.05, 0.1) is 24.8 Å². The van der Waals surface area contributed by atoms with Gasteiger partial charge in [0.2, 0.25) is 0 Å². The zero-order valence-corrected chi connectivity index (χ0v) is 10.8. The van der Waals surface area contributed by atoms with E-state index < -0.39 is 0 Å². The Morgan fingerprint density at radius 3 is 3.16 bits per heavy atom. The van der Waals surface area contributed by atoms with Gasteiger partial charge in [-0.05, 0) is 25.1 Å². The van der Waals surface area contributed by atoms with Gasteiger partial charge in [-0.25, -0.2) is 0 Å². The molecule has 5 heteroatoms. The summed E-state index contributed by atoms with van der Waals surface area (Å²) in [6.07, 6.45) is 7.85. The van der Waals surface area contributed by atoms with Crippen LogP contribution in [0.25, 0.3) is 11.3 Å². The third-order valence-electron chi connectivity index (χ3n) is 2.72. The van der Waals surface area contributed by atoms with E-state index in [1.165, 1.54) is 6.26 Å². The van der Waals surface area contributed by atoms with Crippen LogP contribution in [0.15, 0.2) is 43.6 Å². The van der Waals surface area contributed by atoms with Gasteiger partial charge in [-0.2, -0.15) is 5.10 Å². The van der Waals surface area contributed by atoms with Crippen LogP contribution in [0.1, 0.15) is 12.0 Å². The van der Waals surface area contributed by atoms with E-state index in [2.05, 4.69) is 27.1 Å². The summed E-state index contributed by atoms with van der Waals surface area (Å²) in [7, 11) is 0. The molecule has 19 heavy (non-hydrogen) atoms. The van der Waals surface area contributed by atoms with Crippen molar-refractivity contribution >= 4 is 0 Å². The van der Waals surface area contributed by atoms with Crippen molar-refractivity contribution in [1.29, 1.82) is 0 Å². The van der Waals surface area contributed by atoms with Crippen molar-refractivity contribution in [3.63, 3.8) is 0 Å². The van der Waals surface area contributed by atoms with Crippen LogP contribution in [0.2, 0.25) is 0 Å². The summed E-state index contributed by atoms with van der Waals surface area (Å²) in [4.78, 5) is 4.12. The summed E-state index contributed by atoms with van der Waals surface area (Å²) in [5, 5.41) is 10.5. The monoisotopic (exact) mass is 258 g/mol. The first-order chi connectivity index (χ1) is 9.42. The smallest absolute Gasteiger partial charge is 0.0885 e. The third-order valence-corrected chi connectivity index (χ3v) is 2.72. The highest BCUT2D eigenvalue weighted by molar-refractivity contribution is 5.61. The van der Waals surface area contributed by atoms with E-state index in [1.54, 1.807) is 6.20 Å². The molecule has 0 aromatic carbocycles. The maximum absolute atomic E-state index is 5.06. The molecule has 0 fully saturated rings. The average Bonchev–Trinajstić information content (AvgIpc) is 2.92. The van der Waals surface area contributed by atoms with Gasteiger partial charge in [0.1, 0.15) is 0 Å². The van der Waals surface area contributed by atoms with Crippen molar-refractivity contribution < 1.29 is 4.74 Å². The van der Waals surface area contributed by atoms with Crippen molar-refractivity contribution in [3.8, 4) is 11.3 Å². The number of nitrogens with one attached hydrogen (secondary N) is 2. The number of hydrogen-bond donors (Lipinski definition) is 2. The number of pyridine rings is 1. The normalized spacial score (nSPS) is 10.3. The van der Waals surface area contributed by atoms with Gasteiger partial charge in [0, 0.05) is 30.1 Å². The summed E-state index contributed by atoms with van der Waals surface area (Å²) < 4.78 is 5.06. The minimum atomic E-state index is 0.692. The Kier molecular flexibility index (Phi) is 5.13. The molecular weight excluding hydrogens is 240 g/mol. The summed E-state index contributed by atoms with van der Waals surface area (Å²) in [5.41, 5.74) is 3.20. The second kappa shape index (κ2) is 7.33. The summed E-state index contributed by atoms with van der Waals surface area (Å²) in [6.45, 7) is 5.86. The molecule has 2 N–H and O–H groups in total. The SMILES string of the molecule is C=COCCCNCc1cn[nH]c1-c1cccnc1. The number of ether oxygens (including phenoxy) is 1. The number of rotatable bonds is 8. The molecule has 0 radical (unpaired) electrons. The molecule has 0 atom stereocenters. The lowest BCUT2D eigenvalue weighted by molar-refractivity contribution is 0.244. The number of hydrogen-bond acceptors (Lipinski definition) is 4. The number of aromatic nitrogens is 3. The van der Waals surface area contributed by atoms with Crippen LogP contribution in [0.3, 0.4) is 0 Å². The topological polar surface area (TPSA) is 62.8 Å². The average molecular weight is 258 g/mol. The van der Waals surface area contributed by atoms with Gasteiger partial charge in [0.15, 0.2) is 0 Å². The highest BCUT2D eigenvalue weighted by Gasteiger charge is 2.06. The van der Waals surface area contributed by atoms with Crippen LogP contribution in [0, 0.1) is 0 Å². The largest absolute Gasteiger partial charge is 0.502 e. The highest BCUT2D eigenvalue weighted by Crippen LogP contribution is 2.19. The molecule has 2 aromatic rings. The molecule has 2 rings (SSSR count). The highest BCUT2D eigenvalue weighted by atomic mass is 16.5. The first-order valence-corrected chi connectivity index (χ1v) is 6.27. The van der Waals surface area contributed by atoms with Gasteiger partial charge in [-0.3, -0.25) is 10.1 Å². The molecule has 0 aliphatic carbocycles. The maximum Gasteiger partial charge on any atom is 0.0885 e. The molecule has 0 saturated heterocycles. The molecule has 0 aliphatic heterocycles. The second-order valence-electron chi connectivity index (χ2n) is 4.08. The molecule has 0 saturated carbocycles. The minimum Gasteiger partial charge on any atom is -0.502 e. The zero-order chi connectivity index (χ0) is 13.3. The Hall–Kier alpha value is -2.14. The van der Waals surface area contributed by atoms with E-state index in [1.807, 2.05) is 24.5 Å². The van der Waals surface area contributed by atoms with Crippen LogP contribution >= 0.6 is 0 Å². The number of aromatic amines is 1. The van der Waals surface area contributed by atoms with Gasteiger partial charge in [0.25, 0.3) is 0 Å². The Bertz CT molecular complexity index is 495. The summed E-state index contributed by atoms with van der Waals surface area (Å²) in [6, 6.07) is 3.93. The summed E-state index contributed by atoms with van der Waals surface area (Å²) >= 11 is 0. The molecule has 0 unspecified atom stereocenters. The number of nitrogens with zero attached hydrogens (tertiary/aromatic N) is 2. The molecular formula is C14H18N4O. The molecule has 0 amide bonds. The Morgan fingerprint density at radius 2 is 2.37 bits per heavy atom. The molecule has 0 spiro atoms. The third kappa shape index (κ3) is 3.93. The van der Waals surface area contributed by atoms with Crippen LogP contribution in [0.4, 0.5) is 0 Å². The van der Waals surface area contributed by atoms with E-state index in [0.717, 1.165) is 36.3 Å². The molecule has 0 bridgehead atoms. The minimum absolute atomic E-state index is 0.692. The van der Waals surface area contributed by atoms with E-state index in [-0.39, 0.29) is 0 Å². The van der Waals surface area contributed by atoms with Crippen molar-refractivity contribution in [1.82, 2.24) is 20.5 Å².